The number of carbonyl (C=O) groups excluding carboxylic acids is 2. The van der Waals surface area contributed by atoms with Crippen LogP contribution in [0.15, 0.2) is 66.7 Å². The van der Waals surface area contributed by atoms with E-state index in [9.17, 15) is 9.59 Å². The first-order valence-electron chi connectivity index (χ1n) is 14.6. The fourth-order valence-electron chi connectivity index (χ4n) is 5.75. The molecule has 210 valence electrons. The van der Waals surface area contributed by atoms with Gasteiger partial charge in [-0.3, -0.25) is 9.69 Å². The minimum Gasteiger partial charge on any atom is -0.446 e. The Hall–Kier alpha value is -3.80. The summed E-state index contributed by atoms with van der Waals surface area (Å²) in [5.74, 6) is 0.231. The zero-order chi connectivity index (χ0) is 28.2. The number of benzene rings is 3. The lowest BCUT2D eigenvalue weighted by molar-refractivity contribution is -0.127. The molecule has 6 heteroatoms. The van der Waals surface area contributed by atoms with E-state index in [0.717, 1.165) is 72.2 Å². The van der Waals surface area contributed by atoms with E-state index in [0.29, 0.717) is 6.54 Å². The molecule has 3 atom stereocenters. The molecule has 2 fully saturated rings. The van der Waals surface area contributed by atoms with Crippen LogP contribution in [0.2, 0.25) is 0 Å². The quantitative estimate of drug-likeness (QED) is 0.293. The maximum Gasteiger partial charge on any atom is 0.414 e. The van der Waals surface area contributed by atoms with Crippen molar-refractivity contribution in [3.05, 3.63) is 94.5 Å². The standard InChI is InChI=1S/C34H41N3O3/c1-22-7-6-10-32(23(22)2)37(34(39)40-29-19-20-29)21-25-11-13-27(14-12-25)30-8-4-5-9-31(30)33(38)36-24(3)26-15-17-28(35)18-16-26/h6-7,10-18,24,29-31H,4-5,8-9,19-21,35H2,1-3H3,(H,36,38)/t24?,30-,31-/m0/s1. The summed E-state index contributed by atoms with van der Waals surface area (Å²) >= 11 is 0. The highest BCUT2D eigenvalue weighted by atomic mass is 16.6. The molecular formula is C34H41N3O3. The van der Waals surface area contributed by atoms with Crippen LogP contribution in [0.4, 0.5) is 16.2 Å². The average Bonchev–Trinajstić information content (AvgIpc) is 3.78. The van der Waals surface area contributed by atoms with Gasteiger partial charge in [-0.05, 0) is 98.4 Å². The lowest BCUT2D eigenvalue weighted by Gasteiger charge is -2.32. The van der Waals surface area contributed by atoms with E-state index in [2.05, 4.69) is 42.6 Å². The molecule has 3 N–H and O–H groups in total. The maximum absolute atomic E-state index is 13.4. The summed E-state index contributed by atoms with van der Waals surface area (Å²) in [6.07, 6.45) is 5.70. The van der Waals surface area contributed by atoms with E-state index < -0.39 is 0 Å². The fourth-order valence-corrected chi connectivity index (χ4v) is 5.75. The predicted molar refractivity (Wildman–Crippen MR) is 160 cm³/mol. The van der Waals surface area contributed by atoms with Crippen molar-refractivity contribution in [2.75, 3.05) is 10.6 Å². The third-order valence-corrected chi connectivity index (χ3v) is 8.53. The lowest BCUT2D eigenvalue weighted by atomic mass is 9.74. The molecule has 2 aliphatic rings. The molecule has 0 heterocycles. The van der Waals surface area contributed by atoms with Gasteiger partial charge in [0, 0.05) is 11.6 Å². The molecule has 2 saturated carbocycles. The monoisotopic (exact) mass is 539 g/mol. The summed E-state index contributed by atoms with van der Waals surface area (Å²) in [5.41, 5.74) is 12.9. The van der Waals surface area contributed by atoms with Crippen LogP contribution in [-0.2, 0) is 16.1 Å². The van der Waals surface area contributed by atoms with Gasteiger partial charge in [-0.25, -0.2) is 4.79 Å². The second-order valence-electron chi connectivity index (χ2n) is 11.5. The Morgan fingerprint density at radius 2 is 1.65 bits per heavy atom. The molecule has 0 radical (unpaired) electrons. The van der Waals surface area contributed by atoms with E-state index in [1.807, 2.05) is 50.2 Å². The van der Waals surface area contributed by atoms with Crippen LogP contribution in [0.5, 0.6) is 0 Å². The van der Waals surface area contributed by atoms with Crippen molar-refractivity contribution in [3.8, 4) is 0 Å². The molecular weight excluding hydrogens is 498 g/mol. The highest BCUT2D eigenvalue weighted by Gasteiger charge is 2.33. The molecule has 5 rings (SSSR count). The number of nitrogens with zero attached hydrogens (tertiary/aromatic N) is 1. The van der Waals surface area contributed by atoms with Gasteiger partial charge in [0.1, 0.15) is 6.10 Å². The molecule has 6 nitrogen and oxygen atoms in total. The highest BCUT2D eigenvalue weighted by Crippen LogP contribution is 2.39. The number of nitrogens with two attached hydrogens (primary N) is 1. The number of carbonyl (C=O) groups is 2. The van der Waals surface area contributed by atoms with Crippen molar-refractivity contribution in [1.82, 2.24) is 5.32 Å². The summed E-state index contributed by atoms with van der Waals surface area (Å²) in [5, 5.41) is 3.25. The van der Waals surface area contributed by atoms with Crippen LogP contribution in [0.25, 0.3) is 0 Å². The molecule has 0 aromatic heterocycles. The van der Waals surface area contributed by atoms with Gasteiger partial charge in [-0.1, -0.05) is 61.4 Å². The van der Waals surface area contributed by atoms with Crippen molar-refractivity contribution in [1.29, 1.82) is 0 Å². The minimum atomic E-state index is -0.292. The van der Waals surface area contributed by atoms with Crippen molar-refractivity contribution in [2.24, 2.45) is 5.92 Å². The number of aryl methyl sites for hydroxylation is 1. The Morgan fingerprint density at radius 3 is 2.35 bits per heavy atom. The van der Waals surface area contributed by atoms with Gasteiger partial charge in [0.2, 0.25) is 5.91 Å². The topological polar surface area (TPSA) is 84.7 Å². The molecule has 0 aliphatic heterocycles. The number of hydrogen-bond donors (Lipinski definition) is 2. The van der Waals surface area contributed by atoms with E-state index in [-0.39, 0.29) is 36.0 Å². The first kappa shape index (κ1) is 27.8. The van der Waals surface area contributed by atoms with E-state index in [1.165, 1.54) is 5.56 Å². The largest absolute Gasteiger partial charge is 0.446 e. The minimum absolute atomic E-state index is 0.0413. The number of rotatable bonds is 8. The number of anilines is 2. The van der Waals surface area contributed by atoms with Gasteiger partial charge in [-0.2, -0.15) is 0 Å². The van der Waals surface area contributed by atoms with Crippen LogP contribution in [0, 0.1) is 19.8 Å². The van der Waals surface area contributed by atoms with Crippen LogP contribution in [0.3, 0.4) is 0 Å². The summed E-state index contributed by atoms with van der Waals surface area (Å²) in [4.78, 5) is 28.3. The molecule has 2 aliphatic carbocycles. The SMILES string of the molecule is Cc1cccc(N(Cc2ccc([C@@H]3CCCC[C@@H]3C(=O)NC(C)c3ccc(N)cc3)cc2)C(=O)OC2CC2)c1C. The van der Waals surface area contributed by atoms with Gasteiger partial charge in [0.05, 0.1) is 18.3 Å². The maximum atomic E-state index is 13.4. The molecule has 0 saturated heterocycles. The van der Waals surface area contributed by atoms with Crippen molar-refractivity contribution < 1.29 is 14.3 Å². The summed E-state index contributed by atoms with van der Waals surface area (Å²) in [6, 6.07) is 22.1. The smallest absolute Gasteiger partial charge is 0.414 e. The molecule has 3 aromatic rings. The zero-order valence-corrected chi connectivity index (χ0v) is 23.9. The zero-order valence-electron chi connectivity index (χ0n) is 23.9. The van der Waals surface area contributed by atoms with Crippen LogP contribution >= 0.6 is 0 Å². The summed E-state index contributed by atoms with van der Waals surface area (Å²) < 4.78 is 5.71. The fraction of sp³-hybridized carbons (Fsp3) is 0.412. The first-order chi connectivity index (χ1) is 19.3. The highest BCUT2D eigenvalue weighted by molar-refractivity contribution is 5.89. The predicted octanol–water partition coefficient (Wildman–Crippen LogP) is 7.34. The van der Waals surface area contributed by atoms with Crippen molar-refractivity contribution in [3.63, 3.8) is 0 Å². The van der Waals surface area contributed by atoms with Gasteiger partial charge in [0.25, 0.3) is 0 Å². The number of ether oxygens (including phenoxy) is 1. The van der Waals surface area contributed by atoms with Crippen LogP contribution in [-0.4, -0.2) is 18.1 Å². The second-order valence-corrected chi connectivity index (χ2v) is 11.5. The van der Waals surface area contributed by atoms with Gasteiger partial charge >= 0.3 is 6.09 Å². The summed E-state index contributed by atoms with van der Waals surface area (Å²) in [7, 11) is 0. The molecule has 2 amide bonds. The lowest BCUT2D eigenvalue weighted by Crippen LogP contribution is -2.37. The van der Waals surface area contributed by atoms with E-state index in [4.69, 9.17) is 10.5 Å². The number of amides is 2. The summed E-state index contributed by atoms with van der Waals surface area (Å²) in [6.45, 7) is 6.56. The van der Waals surface area contributed by atoms with Gasteiger partial charge in [-0.15, -0.1) is 0 Å². The van der Waals surface area contributed by atoms with Crippen molar-refractivity contribution in [2.45, 2.75) is 83.9 Å². The van der Waals surface area contributed by atoms with Gasteiger partial charge in [0.15, 0.2) is 0 Å². The molecule has 0 spiro atoms. The third kappa shape index (κ3) is 6.49. The number of nitrogen functional groups attached to an aromatic ring is 1. The number of hydrogen-bond acceptors (Lipinski definition) is 4. The molecule has 0 bridgehead atoms. The van der Waals surface area contributed by atoms with Crippen LogP contribution < -0.4 is 16.0 Å². The average molecular weight is 540 g/mol. The normalized spacial score (nSPS) is 19.5. The van der Waals surface area contributed by atoms with Crippen molar-refractivity contribution >= 4 is 23.4 Å². The Balaban J connectivity index is 1.30. The Kier molecular flexibility index (Phi) is 8.43. The van der Waals surface area contributed by atoms with E-state index in [1.54, 1.807) is 4.90 Å². The molecule has 1 unspecified atom stereocenters. The Morgan fingerprint density at radius 1 is 0.950 bits per heavy atom. The van der Waals surface area contributed by atoms with E-state index >= 15 is 0 Å². The third-order valence-electron chi connectivity index (χ3n) is 8.53. The molecule has 3 aromatic carbocycles. The number of nitrogens with one attached hydrogen (secondary N) is 1. The van der Waals surface area contributed by atoms with Gasteiger partial charge < -0.3 is 15.8 Å². The second kappa shape index (κ2) is 12.2. The first-order valence-corrected chi connectivity index (χ1v) is 14.6. The Labute approximate surface area is 237 Å². The molecule has 40 heavy (non-hydrogen) atoms. The van der Waals surface area contributed by atoms with Crippen LogP contribution in [0.1, 0.15) is 85.2 Å². The Bertz CT molecular complexity index is 1330.